The fraction of sp³-hybridized carbons (Fsp3) is 0.200. The summed E-state index contributed by atoms with van der Waals surface area (Å²) in [6.07, 6.45) is 1.18. The molecule has 0 spiro atoms. The Morgan fingerprint density at radius 1 is 1.18 bits per heavy atom. The van der Waals surface area contributed by atoms with Gasteiger partial charge in [-0.2, -0.15) is 4.98 Å². The van der Waals surface area contributed by atoms with Crippen LogP contribution in [0, 0.1) is 0 Å². The van der Waals surface area contributed by atoms with Crippen LogP contribution in [0.4, 0.5) is 11.6 Å². The molecular formula is C20H19N7O7. The van der Waals surface area contributed by atoms with Gasteiger partial charge in [0.05, 0.1) is 18.4 Å². The van der Waals surface area contributed by atoms with Crippen molar-refractivity contribution in [3.05, 3.63) is 52.1 Å². The molecular weight excluding hydrogens is 450 g/mol. The van der Waals surface area contributed by atoms with Gasteiger partial charge in [0.25, 0.3) is 11.5 Å². The molecule has 1 unspecified atom stereocenters. The number of anilines is 2. The number of aromatic nitrogens is 4. The Labute approximate surface area is 190 Å². The van der Waals surface area contributed by atoms with Gasteiger partial charge in [-0.25, -0.2) is 14.8 Å². The lowest BCUT2D eigenvalue weighted by Crippen LogP contribution is -2.41. The first-order valence-electron chi connectivity index (χ1n) is 9.77. The molecule has 0 bridgehead atoms. The quantitative estimate of drug-likeness (QED) is 0.238. The number of hydrogen-bond acceptors (Lipinski definition) is 9. The molecule has 2 amide bonds. The predicted octanol–water partition coefficient (Wildman–Crippen LogP) is -0.494. The number of carbonyl (C=O) groups excluding carboxylic acids is 2. The lowest BCUT2D eigenvalue weighted by atomic mass is 10.1. The van der Waals surface area contributed by atoms with Crippen molar-refractivity contribution in [2.75, 3.05) is 10.6 Å². The second kappa shape index (κ2) is 10.2. The molecule has 3 rings (SSSR count). The van der Waals surface area contributed by atoms with E-state index in [0.717, 1.165) is 0 Å². The highest BCUT2D eigenvalue weighted by Gasteiger charge is 2.22. The summed E-state index contributed by atoms with van der Waals surface area (Å²) in [6, 6.07) is 4.30. The van der Waals surface area contributed by atoms with Crippen LogP contribution in [0.3, 0.4) is 0 Å². The molecule has 0 saturated heterocycles. The van der Waals surface area contributed by atoms with Crippen LogP contribution in [-0.2, 0) is 20.9 Å². The van der Waals surface area contributed by atoms with Crippen LogP contribution < -0.4 is 21.5 Å². The van der Waals surface area contributed by atoms with Crippen molar-refractivity contribution >= 4 is 47.1 Å². The van der Waals surface area contributed by atoms with E-state index in [0.29, 0.717) is 17.8 Å². The van der Waals surface area contributed by atoms with Crippen molar-refractivity contribution < 1.29 is 29.4 Å². The lowest BCUT2D eigenvalue weighted by molar-refractivity contribution is -0.140. The minimum Gasteiger partial charge on any atom is -0.481 e. The van der Waals surface area contributed by atoms with Crippen LogP contribution in [-0.4, -0.2) is 60.4 Å². The van der Waals surface area contributed by atoms with Gasteiger partial charge in [0.1, 0.15) is 6.04 Å². The molecule has 0 fully saturated rings. The van der Waals surface area contributed by atoms with E-state index in [1.807, 2.05) is 0 Å². The molecule has 0 saturated carbocycles. The number of nitrogens with two attached hydrogens (primary N) is 1. The minimum atomic E-state index is -1.37. The number of nitrogen functional groups attached to an aromatic ring is 1. The highest BCUT2D eigenvalue weighted by molar-refractivity contribution is 5.97. The topological polar surface area (TPSA) is 222 Å². The third-order valence-corrected chi connectivity index (χ3v) is 4.66. The second-order valence-electron chi connectivity index (χ2n) is 7.06. The van der Waals surface area contributed by atoms with E-state index in [4.69, 9.17) is 10.8 Å². The number of nitrogens with one attached hydrogen (secondary N) is 2. The molecule has 0 aliphatic carbocycles. The number of hydrogen-bond donors (Lipinski definition) is 5. The molecule has 1 atom stereocenters. The van der Waals surface area contributed by atoms with Crippen LogP contribution in [0.25, 0.3) is 11.2 Å². The van der Waals surface area contributed by atoms with Gasteiger partial charge in [0.2, 0.25) is 12.4 Å². The molecule has 6 N–H and O–H groups in total. The van der Waals surface area contributed by atoms with Gasteiger partial charge < -0.3 is 26.2 Å². The van der Waals surface area contributed by atoms with Gasteiger partial charge in [-0.05, 0) is 30.7 Å². The van der Waals surface area contributed by atoms with E-state index < -0.39 is 35.9 Å². The summed E-state index contributed by atoms with van der Waals surface area (Å²) in [4.78, 5) is 73.6. The number of benzene rings is 1. The first-order chi connectivity index (χ1) is 16.2. The number of amides is 2. The Bertz CT molecular complexity index is 1310. The Hall–Kier alpha value is -4.88. The summed E-state index contributed by atoms with van der Waals surface area (Å²) in [7, 11) is 0. The fourth-order valence-electron chi connectivity index (χ4n) is 2.98. The molecule has 0 aliphatic rings. The van der Waals surface area contributed by atoms with Crippen molar-refractivity contribution in [2.24, 2.45) is 0 Å². The summed E-state index contributed by atoms with van der Waals surface area (Å²) in [5.74, 6) is -3.35. The molecule has 176 valence electrons. The summed E-state index contributed by atoms with van der Waals surface area (Å²) < 4.78 is 0. The Morgan fingerprint density at radius 3 is 2.50 bits per heavy atom. The maximum Gasteiger partial charge on any atom is 0.326 e. The van der Waals surface area contributed by atoms with Gasteiger partial charge in [0, 0.05) is 17.7 Å². The zero-order chi connectivity index (χ0) is 24.8. The van der Waals surface area contributed by atoms with Gasteiger partial charge in [-0.15, -0.1) is 0 Å². The average Bonchev–Trinajstić information content (AvgIpc) is 2.80. The summed E-state index contributed by atoms with van der Waals surface area (Å²) >= 11 is 0. The largest absolute Gasteiger partial charge is 0.481 e. The summed E-state index contributed by atoms with van der Waals surface area (Å²) in [5, 5.41) is 20.1. The number of H-pyrrole nitrogens is 1. The molecule has 14 heteroatoms. The molecule has 2 aromatic heterocycles. The second-order valence-corrected chi connectivity index (χ2v) is 7.06. The van der Waals surface area contributed by atoms with Crippen LogP contribution in [0.1, 0.15) is 28.9 Å². The smallest absolute Gasteiger partial charge is 0.326 e. The predicted molar refractivity (Wildman–Crippen MR) is 117 cm³/mol. The number of carboxylic acid groups (broad SMARTS) is 2. The lowest BCUT2D eigenvalue weighted by Gasteiger charge is -2.18. The normalized spacial score (nSPS) is 11.5. The van der Waals surface area contributed by atoms with Crippen LogP contribution in [0.15, 0.2) is 35.3 Å². The third-order valence-electron chi connectivity index (χ3n) is 4.66. The van der Waals surface area contributed by atoms with E-state index in [2.05, 4.69) is 25.3 Å². The Morgan fingerprint density at radius 2 is 1.88 bits per heavy atom. The molecule has 3 aromatic rings. The van der Waals surface area contributed by atoms with Crippen molar-refractivity contribution in [1.82, 2.24) is 25.3 Å². The average molecular weight is 469 g/mol. The van der Waals surface area contributed by atoms with E-state index in [1.54, 1.807) is 0 Å². The zero-order valence-electron chi connectivity index (χ0n) is 17.5. The first kappa shape index (κ1) is 23.8. The number of fused-ring (bicyclic) bond motifs is 1. The van der Waals surface area contributed by atoms with Crippen molar-refractivity contribution in [3.63, 3.8) is 0 Å². The zero-order valence-corrected chi connectivity index (χ0v) is 17.5. The number of carboxylic acids is 2. The van der Waals surface area contributed by atoms with E-state index in [1.165, 1.54) is 35.4 Å². The first-order valence-corrected chi connectivity index (χ1v) is 9.77. The number of aliphatic carboxylic acids is 2. The van der Waals surface area contributed by atoms with Gasteiger partial charge >= 0.3 is 11.9 Å². The number of carbonyl (C=O) groups is 4. The molecule has 0 radical (unpaired) electrons. The van der Waals surface area contributed by atoms with Crippen LogP contribution in [0.2, 0.25) is 0 Å². The number of nitrogens with zero attached hydrogens (tertiary/aromatic N) is 4. The van der Waals surface area contributed by atoms with Crippen molar-refractivity contribution in [3.8, 4) is 0 Å². The van der Waals surface area contributed by atoms with E-state index in [-0.39, 0.29) is 35.6 Å². The fourth-order valence-corrected chi connectivity index (χ4v) is 2.98. The molecule has 0 aliphatic heterocycles. The number of aromatic amines is 1. The highest BCUT2D eigenvalue weighted by Crippen LogP contribution is 2.17. The monoisotopic (exact) mass is 469 g/mol. The van der Waals surface area contributed by atoms with Crippen molar-refractivity contribution in [1.29, 1.82) is 0 Å². The molecule has 14 nitrogen and oxygen atoms in total. The summed E-state index contributed by atoms with van der Waals surface area (Å²) in [5.41, 5.74) is 5.70. The standard InChI is InChI=1S/C20H19N7O7/c21-20-25-16-15(18(32)26-20)23-11(7-22-16)8-27(9-28)12-3-1-10(2-4-12)17(31)24-13(19(33)34)5-6-14(29)30/h1-4,7,9,13H,5-6,8H2,(H,24,31)(H,29,30)(H,33,34)(H3,21,22,25,26,32). The Balaban J connectivity index is 1.73. The van der Waals surface area contributed by atoms with E-state index in [9.17, 15) is 29.1 Å². The minimum absolute atomic E-state index is 0.0412. The van der Waals surface area contributed by atoms with Gasteiger partial charge in [0.15, 0.2) is 11.2 Å². The van der Waals surface area contributed by atoms with Crippen LogP contribution >= 0.6 is 0 Å². The molecule has 1 aromatic carbocycles. The Kier molecular flexibility index (Phi) is 7.10. The maximum atomic E-state index is 12.4. The SMILES string of the molecule is Nc1nc2ncc(CN(C=O)c3ccc(C(=O)NC(CCC(=O)O)C(=O)O)cc3)nc2c(=O)[nH]1. The van der Waals surface area contributed by atoms with Crippen molar-refractivity contribution in [2.45, 2.75) is 25.4 Å². The molecule has 34 heavy (non-hydrogen) atoms. The van der Waals surface area contributed by atoms with Gasteiger partial charge in [-0.3, -0.25) is 24.2 Å². The molecule has 2 heterocycles. The van der Waals surface area contributed by atoms with E-state index >= 15 is 0 Å². The number of rotatable bonds is 10. The summed E-state index contributed by atoms with van der Waals surface area (Å²) in [6.45, 7) is -0.0436. The van der Waals surface area contributed by atoms with Crippen LogP contribution in [0.5, 0.6) is 0 Å². The van der Waals surface area contributed by atoms with Gasteiger partial charge in [-0.1, -0.05) is 0 Å². The third kappa shape index (κ3) is 5.67. The highest BCUT2D eigenvalue weighted by atomic mass is 16.4. The maximum absolute atomic E-state index is 12.4.